The molecule has 4 rings (SSSR count). The third-order valence-electron chi connectivity index (χ3n) is 5.32. The van der Waals surface area contributed by atoms with Crippen LogP contribution in [0.5, 0.6) is 5.75 Å². The van der Waals surface area contributed by atoms with E-state index in [1.165, 1.54) is 0 Å². The molecule has 1 saturated heterocycles. The van der Waals surface area contributed by atoms with Gasteiger partial charge >= 0.3 is 6.03 Å². The Labute approximate surface area is 182 Å². The van der Waals surface area contributed by atoms with E-state index in [1.54, 1.807) is 13.3 Å². The third kappa shape index (κ3) is 4.80. The van der Waals surface area contributed by atoms with Gasteiger partial charge in [0.25, 0.3) is 0 Å². The topological polar surface area (TPSA) is 75.5 Å². The van der Waals surface area contributed by atoms with Gasteiger partial charge in [0.05, 0.1) is 13.7 Å². The Bertz CT molecular complexity index is 1050. The highest BCUT2D eigenvalue weighted by molar-refractivity contribution is 5.75. The molecule has 1 aromatic carbocycles. The van der Waals surface area contributed by atoms with Crippen molar-refractivity contribution in [3.63, 3.8) is 0 Å². The zero-order valence-corrected chi connectivity index (χ0v) is 18.6. The van der Waals surface area contributed by atoms with E-state index >= 15 is 0 Å². The standard InChI is InChI=1S/C23H30N6O2/c1-23(2,3)26-22(30)28-14-12-27(13-15-28)16-20-25-19-6-5-11-24-21(19)29(20)17-7-9-18(31-4)10-8-17/h5-11H,12-16H2,1-4H3,(H,26,30). The van der Waals surface area contributed by atoms with E-state index in [9.17, 15) is 4.79 Å². The summed E-state index contributed by atoms with van der Waals surface area (Å²) in [6.07, 6.45) is 1.79. The fraction of sp³-hybridized carbons (Fsp3) is 0.435. The van der Waals surface area contributed by atoms with Crippen LogP contribution in [0.25, 0.3) is 16.9 Å². The number of rotatable bonds is 4. The number of carbonyl (C=O) groups excluding carboxylic acids is 1. The average molecular weight is 423 g/mol. The third-order valence-corrected chi connectivity index (χ3v) is 5.32. The second-order valence-electron chi connectivity index (χ2n) is 8.85. The maximum absolute atomic E-state index is 12.4. The molecule has 1 fully saturated rings. The van der Waals surface area contributed by atoms with E-state index in [0.29, 0.717) is 19.6 Å². The number of methoxy groups -OCH3 is 1. The lowest BCUT2D eigenvalue weighted by atomic mass is 10.1. The molecule has 0 atom stereocenters. The van der Waals surface area contributed by atoms with Gasteiger partial charge in [0.2, 0.25) is 0 Å². The van der Waals surface area contributed by atoms with Gasteiger partial charge < -0.3 is 15.0 Å². The highest BCUT2D eigenvalue weighted by atomic mass is 16.5. The molecule has 164 valence electrons. The highest BCUT2D eigenvalue weighted by Crippen LogP contribution is 2.23. The van der Waals surface area contributed by atoms with Crippen LogP contribution >= 0.6 is 0 Å². The van der Waals surface area contributed by atoms with Gasteiger partial charge in [0.15, 0.2) is 5.65 Å². The van der Waals surface area contributed by atoms with Crippen molar-refractivity contribution in [2.45, 2.75) is 32.9 Å². The number of carbonyl (C=O) groups is 1. The van der Waals surface area contributed by atoms with E-state index in [-0.39, 0.29) is 11.6 Å². The lowest BCUT2D eigenvalue weighted by molar-refractivity contribution is 0.129. The molecule has 1 aliphatic rings. The maximum atomic E-state index is 12.4. The van der Waals surface area contributed by atoms with Crippen molar-refractivity contribution in [3.05, 3.63) is 48.4 Å². The molecule has 2 aromatic heterocycles. The second kappa shape index (κ2) is 8.55. The van der Waals surface area contributed by atoms with Gasteiger partial charge in [-0.25, -0.2) is 14.8 Å². The van der Waals surface area contributed by atoms with Gasteiger partial charge in [-0.15, -0.1) is 0 Å². The summed E-state index contributed by atoms with van der Waals surface area (Å²) in [5, 5.41) is 3.04. The number of amides is 2. The lowest BCUT2D eigenvalue weighted by Crippen LogP contribution is -2.54. The lowest BCUT2D eigenvalue weighted by Gasteiger charge is -2.36. The molecule has 0 saturated carbocycles. The highest BCUT2D eigenvalue weighted by Gasteiger charge is 2.25. The van der Waals surface area contributed by atoms with E-state index in [0.717, 1.165) is 41.5 Å². The molecule has 3 heterocycles. The fourth-order valence-corrected chi connectivity index (χ4v) is 3.78. The summed E-state index contributed by atoms with van der Waals surface area (Å²) in [6, 6.07) is 11.8. The van der Waals surface area contributed by atoms with Crippen molar-refractivity contribution in [2.75, 3.05) is 33.3 Å². The molecular formula is C23H30N6O2. The molecule has 8 heteroatoms. The number of piperazine rings is 1. The number of nitrogens with one attached hydrogen (secondary N) is 1. The Kier molecular flexibility index (Phi) is 5.82. The summed E-state index contributed by atoms with van der Waals surface area (Å²) < 4.78 is 7.40. The number of pyridine rings is 1. The number of aromatic nitrogens is 3. The Morgan fingerprint density at radius 2 is 1.81 bits per heavy atom. The number of fused-ring (bicyclic) bond motifs is 1. The van der Waals surface area contributed by atoms with Gasteiger partial charge in [-0.1, -0.05) is 0 Å². The Balaban J connectivity index is 1.52. The molecule has 0 unspecified atom stereocenters. The van der Waals surface area contributed by atoms with Crippen LogP contribution in [0.4, 0.5) is 4.79 Å². The van der Waals surface area contributed by atoms with Crippen molar-refractivity contribution in [3.8, 4) is 11.4 Å². The minimum absolute atomic E-state index is 0.00169. The molecule has 0 radical (unpaired) electrons. The zero-order chi connectivity index (χ0) is 22.0. The predicted octanol–water partition coefficient (Wildman–Crippen LogP) is 3.05. The summed E-state index contributed by atoms with van der Waals surface area (Å²) in [5.41, 5.74) is 2.48. The number of nitrogens with zero attached hydrogens (tertiary/aromatic N) is 5. The largest absolute Gasteiger partial charge is 0.497 e. The van der Waals surface area contributed by atoms with E-state index in [2.05, 4.69) is 19.8 Å². The monoisotopic (exact) mass is 422 g/mol. The molecule has 1 aliphatic heterocycles. The van der Waals surface area contributed by atoms with Gasteiger partial charge in [0, 0.05) is 43.6 Å². The summed E-state index contributed by atoms with van der Waals surface area (Å²) in [4.78, 5) is 26.1. The minimum Gasteiger partial charge on any atom is -0.497 e. The fourth-order valence-electron chi connectivity index (χ4n) is 3.78. The van der Waals surface area contributed by atoms with Crippen LogP contribution in [0, 0.1) is 0 Å². The molecule has 31 heavy (non-hydrogen) atoms. The molecular weight excluding hydrogens is 392 g/mol. The van der Waals surface area contributed by atoms with Crippen molar-refractivity contribution in [1.29, 1.82) is 0 Å². The number of urea groups is 1. The summed E-state index contributed by atoms with van der Waals surface area (Å²) >= 11 is 0. The first-order valence-electron chi connectivity index (χ1n) is 10.6. The maximum Gasteiger partial charge on any atom is 0.317 e. The Morgan fingerprint density at radius 3 is 2.45 bits per heavy atom. The van der Waals surface area contributed by atoms with Crippen molar-refractivity contribution >= 4 is 17.2 Å². The molecule has 0 spiro atoms. The van der Waals surface area contributed by atoms with E-state index in [1.807, 2.05) is 62.1 Å². The normalized spacial score (nSPS) is 15.3. The average Bonchev–Trinajstić information content (AvgIpc) is 3.11. The summed E-state index contributed by atoms with van der Waals surface area (Å²) in [5.74, 6) is 1.75. The van der Waals surface area contributed by atoms with Crippen molar-refractivity contribution in [1.82, 2.24) is 29.7 Å². The summed E-state index contributed by atoms with van der Waals surface area (Å²) in [6.45, 7) is 9.69. The van der Waals surface area contributed by atoms with Gasteiger partial charge in [0.1, 0.15) is 17.1 Å². The second-order valence-corrected chi connectivity index (χ2v) is 8.85. The molecule has 2 amide bonds. The van der Waals surface area contributed by atoms with Crippen LogP contribution < -0.4 is 10.1 Å². The van der Waals surface area contributed by atoms with Gasteiger partial charge in [-0.2, -0.15) is 0 Å². The SMILES string of the molecule is COc1ccc(-n2c(CN3CCN(C(=O)NC(C)(C)C)CC3)nc3cccnc32)cc1. The summed E-state index contributed by atoms with van der Waals surface area (Å²) in [7, 11) is 1.66. The van der Waals surface area contributed by atoms with Crippen LogP contribution in [0.15, 0.2) is 42.6 Å². The Hall–Kier alpha value is -3.13. The van der Waals surface area contributed by atoms with Crippen LogP contribution in [-0.2, 0) is 6.54 Å². The smallest absolute Gasteiger partial charge is 0.317 e. The zero-order valence-electron chi connectivity index (χ0n) is 18.6. The van der Waals surface area contributed by atoms with Crippen molar-refractivity contribution < 1.29 is 9.53 Å². The van der Waals surface area contributed by atoms with Gasteiger partial charge in [-0.3, -0.25) is 9.47 Å². The minimum atomic E-state index is -0.232. The quantitative estimate of drug-likeness (QED) is 0.699. The van der Waals surface area contributed by atoms with Crippen LogP contribution in [-0.4, -0.2) is 69.2 Å². The molecule has 1 N–H and O–H groups in total. The number of hydrogen-bond acceptors (Lipinski definition) is 5. The van der Waals surface area contributed by atoms with Crippen LogP contribution in [0.1, 0.15) is 26.6 Å². The Morgan fingerprint density at radius 1 is 1.10 bits per heavy atom. The number of imidazole rings is 1. The number of benzene rings is 1. The van der Waals surface area contributed by atoms with E-state index < -0.39 is 0 Å². The first-order chi connectivity index (χ1) is 14.8. The van der Waals surface area contributed by atoms with Gasteiger partial charge in [-0.05, 0) is 57.2 Å². The molecule has 8 nitrogen and oxygen atoms in total. The molecule has 0 aliphatic carbocycles. The first kappa shape index (κ1) is 21.1. The number of hydrogen-bond donors (Lipinski definition) is 1. The first-order valence-corrected chi connectivity index (χ1v) is 10.6. The van der Waals surface area contributed by atoms with E-state index in [4.69, 9.17) is 9.72 Å². The number of ether oxygens (including phenoxy) is 1. The van der Waals surface area contributed by atoms with Crippen molar-refractivity contribution in [2.24, 2.45) is 0 Å². The molecule has 0 bridgehead atoms. The van der Waals surface area contributed by atoms with Crippen LogP contribution in [0.3, 0.4) is 0 Å². The van der Waals surface area contributed by atoms with Crippen LogP contribution in [0.2, 0.25) is 0 Å². The molecule has 3 aromatic rings. The predicted molar refractivity (Wildman–Crippen MR) is 121 cm³/mol.